The van der Waals surface area contributed by atoms with Crippen molar-refractivity contribution in [2.45, 2.75) is 50.1 Å². The Morgan fingerprint density at radius 1 is 1.00 bits per heavy atom. The summed E-state index contributed by atoms with van der Waals surface area (Å²) in [6, 6.07) is 11.8. The van der Waals surface area contributed by atoms with E-state index in [-0.39, 0.29) is 16.1 Å². The van der Waals surface area contributed by atoms with Crippen LogP contribution in [-0.4, -0.2) is 66.5 Å². The van der Waals surface area contributed by atoms with E-state index in [1.807, 2.05) is 0 Å². The average Bonchev–Trinajstić information content (AvgIpc) is 2.87. The third-order valence-corrected chi connectivity index (χ3v) is 7.52. The van der Waals surface area contributed by atoms with Crippen LogP contribution < -0.4 is 4.74 Å². The van der Waals surface area contributed by atoms with Crippen molar-refractivity contribution in [2.24, 2.45) is 5.92 Å². The monoisotopic (exact) mass is 572 g/mol. The highest BCUT2D eigenvalue weighted by molar-refractivity contribution is 6.34. The van der Waals surface area contributed by atoms with Gasteiger partial charge >= 0.3 is 6.18 Å². The molecule has 0 bridgehead atoms. The molecule has 4 rings (SSSR count). The van der Waals surface area contributed by atoms with E-state index >= 15 is 0 Å². The minimum Gasteiger partial charge on any atom is -0.494 e. The SMILES string of the molecule is O=C(c1ccc(OCCCCC2CCN(C(=O)C(c3ccccc3)C(F)(F)F)CC2)cc1Cl)N1CC(F)(F)C1. The number of hydrogen-bond acceptors (Lipinski definition) is 3. The van der Waals surface area contributed by atoms with E-state index in [0.717, 1.165) is 24.2 Å². The summed E-state index contributed by atoms with van der Waals surface area (Å²) in [6.07, 6.45) is -0.880. The van der Waals surface area contributed by atoms with Gasteiger partial charge in [-0.05, 0) is 55.4 Å². The van der Waals surface area contributed by atoms with Crippen molar-refractivity contribution in [2.75, 3.05) is 32.8 Å². The molecule has 212 valence electrons. The van der Waals surface area contributed by atoms with Gasteiger partial charge in [0.2, 0.25) is 5.91 Å². The zero-order valence-corrected chi connectivity index (χ0v) is 22.0. The van der Waals surface area contributed by atoms with Gasteiger partial charge in [-0.3, -0.25) is 9.59 Å². The molecule has 2 heterocycles. The molecule has 2 amide bonds. The molecule has 39 heavy (non-hydrogen) atoms. The summed E-state index contributed by atoms with van der Waals surface area (Å²) < 4.78 is 72.8. The number of carbonyl (C=O) groups excluding carboxylic acids is 2. The number of rotatable bonds is 9. The van der Waals surface area contributed by atoms with E-state index in [2.05, 4.69) is 0 Å². The third kappa shape index (κ3) is 7.41. The number of likely N-dealkylation sites (tertiary alicyclic amines) is 2. The minimum absolute atomic E-state index is 0.0413. The molecule has 2 aromatic carbocycles. The number of hydrogen-bond donors (Lipinski definition) is 0. The number of carbonyl (C=O) groups is 2. The Hall–Kier alpha value is -2.88. The number of halogens is 6. The molecule has 2 aromatic rings. The van der Waals surface area contributed by atoms with E-state index in [9.17, 15) is 31.5 Å². The summed E-state index contributed by atoms with van der Waals surface area (Å²) in [5.41, 5.74) is 0.107. The largest absolute Gasteiger partial charge is 0.494 e. The smallest absolute Gasteiger partial charge is 0.404 e. The van der Waals surface area contributed by atoms with E-state index in [0.29, 0.717) is 44.2 Å². The van der Waals surface area contributed by atoms with Crippen molar-refractivity contribution in [1.82, 2.24) is 9.80 Å². The van der Waals surface area contributed by atoms with Gasteiger partial charge < -0.3 is 14.5 Å². The van der Waals surface area contributed by atoms with Crippen molar-refractivity contribution in [3.8, 4) is 5.75 Å². The molecule has 0 spiro atoms. The van der Waals surface area contributed by atoms with E-state index in [1.54, 1.807) is 12.1 Å². The van der Waals surface area contributed by atoms with Crippen LogP contribution in [0.5, 0.6) is 5.75 Å². The minimum atomic E-state index is -4.65. The molecule has 0 N–H and O–H groups in total. The first-order valence-electron chi connectivity index (χ1n) is 12.9. The molecule has 1 unspecified atom stereocenters. The highest BCUT2D eigenvalue weighted by Gasteiger charge is 2.48. The van der Waals surface area contributed by atoms with E-state index in [1.165, 1.54) is 41.3 Å². The number of amides is 2. The molecule has 2 fully saturated rings. The highest BCUT2D eigenvalue weighted by Crippen LogP contribution is 2.37. The maximum atomic E-state index is 13.7. The number of alkyl halides is 5. The Labute approximate surface area is 228 Å². The van der Waals surface area contributed by atoms with Gasteiger partial charge in [0.1, 0.15) is 5.75 Å². The Bertz CT molecular complexity index is 1150. The van der Waals surface area contributed by atoms with Crippen LogP contribution in [0.15, 0.2) is 48.5 Å². The number of benzene rings is 2. The first-order valence-corrected chi connectivity index (χ1v) is 13.3. The van der Waals surface area contributed by atoms with Crippen LogP contribution in [0.2, 0.25) is 5.02 Å². The Morgan fingerprint density at radius 3 is 2.26 bits per heavy atom. The Balaban J connectivity index is 1.16. The Kier molecular flexibility index (Phi) is 9.03. The van der Waals surface area contributed by atoms with Crippen LogP contribution in [0, 0.1) is 5.92 Å². The molecular formula is C28H30ClF5N2O3. The molecule has 5 nitrogen and oxygen atoms in total. The number of nitrogens with zero attached hydrogens (tertiary/aromatic N) is 2. The fourth-order valence-electron chi connectivity index (χ4n) is 5.05. The van der Waals surface area contributed by atoms with E-state index in [4.69, 9.17) is 16.3 Å². The lowest BCUT2D eigenvalue weighted by molar-refractivity contribution is -0.173. The summed E-state index contributed by atoms with van der Waals surface area (Å²) in [6.45, 7) is -0.214. The number of piperidine rings is 1. The predicted molar refractivity (Wildman–Crippen MR) is 136 cm³/mol. The lowest BCUT2D eigenvalue weighted by Crippen LogP contribution is -2.58. The van der Waals surface area contributed by atoms with Gasteiger partial charge in [0.15, 0.2) is 5.92 Å². The number of ether oxygens (including phenoxy) is 1. The van der Waals surface area contributed by atoms with Gasteiger partial charge in [0, 0.05) is 13.1 Å². The van der Waals surface area contributed by atoms with Crippen LogP contribution in [-0.2, 0) is 4.79 Å². The second kappa shape index (κ2) is 12.1. The number of unbranched alkanes of at least 4 members (excludes halogenated alkanes) is 1. The molecule has 0 aliphatic carbocycles. The quantitative estimate of drug-likeness (QED) is 0.252. The van der Waals surface area contributed by atoms with Crippen LogP contribution in [0.25, 0.3) is 0 Å². The van der Waals surface area contributed by atoms with Crippen LogP contribution in [0.1, 0.15) is 53.9 Å². The second-order valence-electron chi connectivity index (χ2n) is 10.2. The zero-order valence-electron chi connectivity index (χ0n) is 21.2. The first-order chi connectivity index (χ1) is 18.4. The molecular weight excluding hydrogens is 543 g/mol. The first kappa shape index (κ1) is 29.1. The maximum absolute atomic E-state index is 13.7. The molecule has 2 aliphatic heterocycles. The molecule has 0 radical (unpaired) electrons. The summed E-state index contributed by atoms with van der Waals surface area (Å²) in [5.74, 6) is -5.64. The van der Waals surface area contributed by atoms with Gasteiger partial charge in [-0.2, -0.15) is 13.2 Å². The van der Waals surface area contributed by atoms with Crippen molar-refractivity contribution < 1.29 is 36.3 Å². The molecule has 11 heteroatoms. The summed E-state index contributed by atoms with van der Waals surface area (Å²) in [7, 11) is 0. The fourth-order valence-corrected chi connectivity index (χ4v) is 5.30. The van der Waals surface area contributed by atoms with Crippen LogP contribution in [0.3, 0.4) is 0 Å². The van der Waals surface area contributed by atoms with Crippen molar-refractivity contribution in [3.63, 3.8) is 0 Å². The maximum Gasteiger partial charge on any atom is 0.404 e. The van der Waals surface area contributed by atoms with Crippen molar-refractivity contribution in [1.29, 1.82) is 0 Å². The normalized spacial score (nSPS) is 18.4. The van der Waals surface area contributed by atoms with Crippen molar-refractivity contribution >= 4 is 23.4 Å². The Morgan fingerprint density at radius 2 is 1.67 bits per heavy atom. The average molecular weight is 573 g/mol. The van der Waals surface area contributed by atoms with Gasteiger partial charge in [-0.25, -0.2) is 8.78 Å². The van der Waals surface area contributed by atoms with Crippen LogP contribution >= 0.6 is 11.6 Å². The molecule has 2 aliphatic rings. The molecule has 2 saturated heterocycles. The topological polar surface area (TPSA) is 49.9 Å². The highest BCUT2D eigenvalue weighted by atomic mass is 35.5. The van der Waals surface area contributed by atoms with Crippen molar-refractivity contribution in [3.05, 3.63) is 64.7 Å². The summed E-state index contributed by atoms with van der Waals surface area (Å²) in [4.78, 5) is 27.4. The van der Waals surface area contributed by atoms with Gasteiger partial charge in [0.25, 0.3) is 11.8 Å². The van der Waals surface area contributed by atoms with Gasteiger partial charge in [-0.15, -0.1) is 0 Å². The standard InChI is InChI=1S/C28H30ClF5N2O3/c29-23-16-21(9-10-22(23)25(37)36-17-27(30,31)18-36)39-15-5-4-6-19-11-13-35(14-12-19)26(38)24(28(32,33)34)20-7-2-1-3-8-20/h1-3,7-10,16,19,24H,4-6,11-15,17-18H2. The van der Waals surface area contributed by atoms with E-state index < -0.39 is 42.9 Å². The molecule has 0 aromatic heterocycles. The lowest BCUT2D eigenvalue weighted by Gasteiger charge is -2.38. The van der Waals surface area contributed by atoms with Gasteiger partial charge in [-0.1, -0.05) is 48.4 Å². The second-order valence-corrected chi connectivity index (χ2v) is 10.6. The van der Waals surface area contributed by atoms with Gasteiger partial charge in [0.05, 0.1) is 30.3 Å². The molecule has 1 atom stereocenters. The summed E-state index contributed by atoms with van der Waals surface area (Å²) in [5, 5.41) is 0.133. The third-order valence-electron chi connectivity index (χ3n) is 7.21. The summed E-state index contributed by atoms with van der Waals surface area (Å²) >= 11 is 6.17. The lowest BCUT2D eigenvalue weighted by atomic mass is 9.90. The van der Waals surface area contributed by atoms with Crippen LogP contribution in [0.4, 0.5) is 22.0 Å². The molecule has 0 saturated carbocycles. The fraction of sp³-hybridized carbons (Fsp3) is 0.500. The zero-order chi connectivity index (χ0) is 28.2. The predicted octanol–water partition coefficient (Wildman–Crippen LogP) is 6.56.